The summed E-state index contributed by atoms with van der Waals surface area (Å²) in [4.78, 5) is 37.8. The van der Waals surface area contributed by atoms with E-state index >= 15 is 0 Å². The van der Waals surface area contributed by atoms with Gasteiger partial charge in [-0.2, -0.15) is 0 Å². The van der Waals surface area contributed by atoms with Gasteiger partial charge in [-0.25, -0.2) is 0 Å². The fourth-order valence-corrected chi connectivity index (χ4v) is 4.17. The first-order chi connectivity index (χ1) is 12.4. The third kappa shape index (κ3) is 4.38. The van der Waals surface area contributed by atoms with Crippen LogP contribution in [-0.4, -0.2) is 35.6 Å². The lowest BCUT2D eigenvalue weighted by Gasteiger charge is -2.16. The van der Waals surface area contributed by atoms with E-state index in [0.717, 1.165) is 37.1 Å². The Balaban J connectivity index is 1.56. The number of hydrogen-bond acceptors (Lipinski definition) is 4. The zero-order chi connectivity index (χ0) is 18.7. The van der Waals surface area contributed by atoms with Crippen LogP contribution >= 0.6 is 11.3 Å². The van der Waals surface area contributed by atoms with Crippen LogP contribution in [0.25, 0.3) is 0 Å². The Labute approximate surface area is 156 Å². The van der Waals surface area contributed by atoms with Crippen LogP contribution in [0.3, 0.4) is 0 Å². The predicted molar refractivity (Wildman–Crippen MR) is 101 cm³/mol. The summed E-state index contributed by atoms with van der Waals surface area (Å²) in [6.45, 7) is 3.02. The second-order valence-corrected chi connectivity index (χ2v) is 7.73. The van der Waals surface area contributed by atoms with Crippen molar-refractivity contribution in [2.75, 3.05) is 13.1 Å². The normalized spacial score (nSPS) is 16.7. The number of Topliss-reactive ketones (excluding diaryl/α,β-unsaturated/α-hetero) is 1. The summed E-state index contributed by atoms with van der Waals surface area (Å²) in [6.07, 6.45) is 2.13. The maximum absolute atomic E-state index is 12.5. The average molecular weight is 370 g/mol. The van der Waals surface area contributed by atoms with E-state index in [1.165, 1.54) is 18.3 Å². The molecule has 1 aliphatic rings. The van der Waals surface area contributed by atoms with Crippen LogP contribution in [0.2, 0.25) is 0 Å². The minimum atomic E-state index is -0.421. The molecule has 0 aliphatic carbocycles. The molecule has 2 heterocycles. The molecule has 26 heavy (non-hydrogen) atoms. The van der Waals surface area contributed by atoms with Gasteiger partial charge in [0.05, 0.1) is 11.3 Å². The van der Waals surface area contributed by atoms with E-state index < -0.39 is 5.91 Å². The lowest BCUT2D eigenvalue weighted by atomic mass is 9.97. The van der Waals surface area contributed by atoms with Gasteiger partial charge in [-0.3, -0.25) is 14.4 Å². The van der Waals surface area contributed by atoms with Crippen molar-refractivity contribution < 1.29 is 14.4 Å². The van der Waals surface area contributed by atoms with E-state index in [2.05, 4.69) is 0 Å². The molecule has 2 amide bonds. The van der Waals surface area contributed by atoms with E-state index in [1.54, 1.807) is 6.07 Å². The van der Waals surface area contributed by atoms with Crippen molar-refractivity contribution in [3.63, 3.8) is 0 Å². The lowest BCUT2D eigenvalue weighted by molar-refractivity contribution is -0.129. The van der Waals surface area contributed by atoms with Gasteiger partial charge >= 0.3 is 0 Å². The number of hydrogen-bond donors (Lipinski definition) is 1. The zero-order valence-corrected chi connectivity index (χ0v) is 15.6. The fourth-order valence-electron chi connectivity index (χ4n) is 3.35. The highest BCUT2D eigenvalue weighted by molar-refractivity contribution is 7.12. The number of ketones is 1. The predicted octanol–water partition coefficient (Wildman–Crippen LogP) is 2.68. The molecule has 136 valence electrons. The molecule has 1 saturated heterocycles. The molecule has 0 spiro atoms. The summed E-state index contributed by atoms with van der Waals surface area (Å²) in [6, 6.07) is 9.20. The maximum Gasteiger partial charge on any atom is 0.248 e. The highest BCUT2D eigenvalue weighted by atomic mass is 32.1. The summed E-state index contributed by atoms with van der Waals surface area (Å²) in [7, 11) is 0. The van der Waals surface area contributed by atoms with Crippen LogP contribution < -0.4 is 5.73 Å². The van der Waals surface area contributed by atoms with E-state index in [9.17, 15) is 14.4 Å². The first-order valence-corrected chi connectivity index (χ1v) is 9.55. The Kier molecular flexibility index (Phi) is 5.52. The molecule has 0 bridgehead atoms. The van der Waals surface area contributed by atoms with E-state index in [-0.39, 0.29) is 11.7 Å². The molecular formula is C20H22N2O3S. The molecule has 2 N–H and O–H groups in total. The van der Waals surface area contributed by atoms with Gasteiger partial charge in [0, 0.05) is 18.7 Å². The van der Waals surface area contributed by atoms with E-state index in [4.69, 9.17) is 5.73 Å². The number of rotatable bonds is 6. The van der Waals surface area contributed by atoms with Crippen molar-refractivity contribution in [2.24, 2.45) is 11.7 Å². The Morgan fingerprint density at radius 3 is 2.73 bits per heavy atom. The van der Waals surface area contributed by atoms with Crippen LogP contribution in [0.5, 0.6) is 0 Å². The number of carbonyl (C=O) groups excluding carboxylic acids is 3. The monoisotopic (exact) mass is 370 g/mol. The molecule has 1 fully saturated rings. The largest absolute Gasteiger partial charge is 0.366 e. The van der Waals surface area contributed by atoms with Crippen molar-refractivity contribution in [3.8, 4) is 0 Å². The van der Waals surface area contributed by atoms with Gasteiger partial charge in [0.25, 0.3) is 0 Å². The SMILES string of the molecule is CC(=O)c1cc(CC(=O)N2CC[C@H](Cc3cccc(C(N)=O)c3)C2)cs1. The Bertz CT molecular complexity index is 843. The van der Waals surface area contributed by atoms with Gasteiger partial charge < -0.3 is 10.6 Å². The molecular weight excluding hydrogens is 348 g/mol. The van der Waals surface area contributed by atoms with Crippen molar-refractivity contribution in [3.05, 3.63) is 57.3 Å². The van der Waals surface area contributed by atoms with Gasteiger partial charge in [-0.15, -0.1) is 11.3 Å². The topological polar surface area (TPSA) is 80.5 Å². The van der Waals surface area contributed by atoms with Crippen LogP contribution in [0, 0.1) is 5.92 Å². The maximum atomic E-state index is 12.5. The Morgan fingerprint density at radius 2 is 2.04 bits per heavy atom. The van der Waals surface area contributed by atoms with Crippen LogP contribution in [-0.2, 0) is 17.6 Å². The highest BCUT2D eigenvalue weighted by Gasteiger charge is 2.26. The molecule has 1 aromatic heterocycles. The van der Waals surface area contributed by atoms with Crippen molar-refractivity contribution in [2.45, 2.75) is 26.2 Å². The van der Waals surface area contributed by atoms with Crippen molar-refractivity contribution >= 4 is 28.9 Å². The van der Waals surface area contributed by atoms with Gasteiger partial charge in [0.15, 0.2) is 5.78 Å². The Morgan fingerprint density at radius 1 is 1.23 bits per heavy atom. The summed E-state index contributed by atoms with van der Waals surface area (Å²) < 4.78 is 0. The van der Waals surface area contributed by atoms with Crippen LogP contribution in [0.15, 0.2) is 35.7 Å². The quantitative estimate of drug-likeness (QED) is 0.794. The number of nitrogens with zero attached hydrogens (tertiary/aromatic N) is 1. The van der Waals surface area contributed by atoms with Gasteiger partial charge in [-0.1, -0.05) is 12.1 Å². The second kappa shape index (κ2) is 7.83. The molecule has 0 unspecified atom stereocenters. The zero-order valence-electron chi connectivity index (χ0n) is 14.7. The summed E-state index contributed by atoms with van der Waals surface area (Å²) >= 11 is 1.39. The first-order valence-electron chi connectivity index (χ1n) is 8.67. The van der Waals surface area contributed by atoms with Crippen molar-refractivity contribution in [1.29, 1.82) is 0 Å². The molecule has 1 aliphatic heterocycles. The Hall–Kier alpha value is -2.47. The molecule has 0 radical (unpaired) electrons. The minimum absolute atomic E-state index is 0.0353. The molecule has 3 rings (SSSR count). The van der Waals surface area contributed by atoms with Gasteiger partial charge in [0.2, 0.25) is 11.8 Å². The molecule has 5 nitrogen and oxygen atoms in total. The standard InChI is InChI=1S/C20H22N2O3S/c1-13(23)18-9-16(12-26-18)10-19(24)22-6-5-15(11-22)7-14-3-2-4-17(8-14)20(21)25/h2-4,8-9,12,15H,5-7,10-11H2,1H3,(H2,21,25)/t15-/m1/s1. The first kappa shape index (κ1) is 18.3. The highest BCUT2D eigenvalue weighted by Crippen LogP contribution is 2.23. The number of thiophene rings is 1. The van der Waals surface area contributed by atoms with E-state index in [1.807, 2.05) is 34.5 Å². The third-order valence-electron chi connectivity index (χ3n) is 4.73. The molecule has 6 heteroatoms. The number of likely N-dealkylation sites (tertiary alicyclic amines) is 1. The van der Waals surface area contributed by atoms with Crippen molar-refractivity contribution in [1.82, 2.24) is 4.90 Å². The minimum Gasteiger partial charge on any atom is -0.366 e. The fraction of sp³-hybridized carbons (Fsp3) is 0.350. The molecule has 1 aromatic carbocycles. The number of primary amides is 1. The van der Waals surface area contributed by atoms with Crippen LogP contribution in [0.1, 0.15) is 44.5 Å². The number of benzene rings is 1. The third-order valence-corrected chi connectivity index (χ3v) is 5.81. The lowest BCUT2D eigenvalue weighted by Crippen LogP contribution is -2.30. The van der Waals surface area contributed by atoms with E-state index in [0.29, 0.717) is 22.8 Å². The second-order valence-electron chi connectivity index (χ2n) is 6.82. The average Bonchev–Trinajstić information content (AvgIpc) is 3.24. The molecule has 1 atom stereocenters. The van der Waals surface area contributed by atoms with Gasteiger partial charge in [0.1, 0.15) is 0 Å². The summed E-state index contributed by atoms with van der Waals surface area (Å²) in [5, 5.41) is 1.89. The summed E-state index contributed by atoms with van der Waals surface area (Å²) in [5.41, 5.74) is 7.83. The number of amides is 2. The molecule has 0 saturated carbocycles. The van der Waals surface area contributed by atoms with Gasteiger partial charge in [-0.05, 0) is 60.4 Å². The number of carbonyl (C=O) groups is 3. The van der Waals surface area contributed by atoms with Crippen LogP contribution in [0.4, 0.5) is 0 Å². The number of nitrogens with two attached hydrogens (primary N) is 1. The smallest absolute Gasteiger partial charge is 0.248 e. The summed E-state index contributed by atoms with van der Waals surface area (Å²) in [5.74, 6) is 0.104. The molecule has 2 aromatic rings.